The van der Waals surface area contributed by atoms with Gasteiger partial charge in [-0.05, 0) is 11.5 Å². The Hall–Kier alpha value is -0.530. The molecule has 1 saturated heterocycles. The first-order chi connectivity index (χ1) is 6.26. The Morgan fingerprint density at radius 2 is 1.71 bits per heavy atom. The third-order valence-corrected chi connectivity index (χ3v) is 3.33. The zero-order valence-corrected chi connectivity index (χ0v) is 9.60. The molecule has 1 aliphatic rings. The van der Waals surface area contributed by atoms with E-state index in [0.29, 0.717) is 5.41 Å². The summed E-state index contributed by atoms with van der Waals surface area (Å²) in [6.45, 7) is 6.89. The van der Waals surface area contributed by atoms with Gasteiger partial charge in [-0.25, -0.2) is 0 Å². The molecule has 1 aliphatic heterocycles. The smallest absolute Gasteiger partial charge is 0.0225 e. The minimum Gasteiger partial charge on any atom is -0.315 e. The van der Waals surface area contributed by atoms with Crippen molar-refractivity contribution in [3.05, 3.63) is 35.9 Å². The molecule has 0 radical (unpaired) electrons. The van der Waals surface area contributed by atoms with Gasteiger partial charge in [0.05, 0.1) is 0 Å². The maximum Gasteiger partial charge on any atom is 0.0225 e. The molecule has 1 nitrogen and oxygen atoms in total. The molecule has 0 bridgehead atoms. The average molecular weight is 212 g/mol. The Bertz CT molecular complexity index is 278. The largest absolute Gasteiger partial charge is 0.315 e. The molecule has 0 aliphatic carbocycles. The van der Waals surface area contributed by atoms with Gasteiger partial charge >= 0.3 is 0 Å². The third kappa shape index (κ3) is 1.67. The third-order valence-electron chi connectivity index (χ3n) is 3.33. The first-order valence-corrected chi connectivity index (χ1v) is 5.02. The molecule has 0 unspecified atom stereocenters. The second kappa shape index (κ2) is 4.33. The highest BCUT2D eigenvalue weighted by Gasteiger charge is 2.41. The maximum atomic E-state index is 3.38. The van der Waals surface area contributed by atoms with Crippen LogP contribution in [0, 0.1) is 5.92 Å². The van der Waals surface area contributed by atoms with Crippen LogP contribution in [-0.2, 0) is 5.41 Å². The van der Waals surface area contributed by atoms with Gasteiger partial charge in [0.1, 0.15) is 0 Å². The van der Waals surface area contributed by atoms with E-state index < -0.39 is 0 Å². The zero-order valence-electron chi connectivity index (χ0n) is 8.79. The quantitative estimate of drug-likeness (QED) is 0.793. The van der Waals surface area contributed by atoms with Crippen molar-refractivity contribution in [2.75, 3.05) is 13.1 Å². The summed E-state index contributed by atoms with van der Waals surface area (Å²) in [5, 5.41) is 3.38. The molecule has 1 N–H and O–H groups in total. The van der Waals surface area contributed by atoms with E-state index in [0.717, 1.165) is 19.0 Å². The summed E-state index contributed by atoms with van der Waals surface area (Å²) in [5.41, 5.74) is 1.89. The molecular weight excluding hydrogens is 194 g/mol. The van der Waals surface area contributed by atoms with Crippen LogP contribution in [0.4, 0.5) is 0 Å². The molecule has 2 heteroatoms. The lowest BCUT2D eigenvalue weighted by molar-refractivity contribution is 0.199. The summed E-state index contributed by atoms with van der Waals surface area (Å²) in [4.78, 5) is 0. The predicted molar refractivity (Wildman–Crippen MR) is 63.1 cm³/mol. The van der Waals surface area contributed by atoms with E-state index in [1.54, 1.807) is 0 Å². The van der Waals surface area contributed by atoms with Gasteiger partial charge in [-0.15, -0.1) is 12.4 Å². The number of hydrogen-bond acceptors (Lipinski definition) is 1. The van der Waals surface area contributed by atoms with Gasteiger partial charge in [0, 0.05) is 18.5 Å². The number of hydrogen-bond donors (Lipinski definition) is 1. The van der Waals surface area contributed by atoms with Gasteiger partial charge in [0.15, 0.2) is 0 Å². The van der Waals surface area contributed by atoms with Crippen LogP contribution in [0.15, 0.2) is 30.3 Å². The second-order valence-corrected chi connectivity index (χ2v) is 4.28. The number of rotatable bonds is 2. The summed E-state index contributed by atoms with van der Waals surface area (Å²) in [7, 11) is 0. The van der Waals surface area contributed by atoms with Crippen LogP contribution in [0.3, 0.4) is 0 Å². The summed E-state index contributed by atoms with van der Waals surface area (Å²) in [6.07, 6.45) is 0. The molecule has 2 rings (SSSR count). The van der Waals surface area contributed by atoms with Gasteiger partial charge in [0.25, 0.3) is 0 Å². The van der Waals surface area contributed by atoms with Crippen LogP contribution >= 0.6 is 12.4 Å². The van der Waals surface area contributed by atoms with Crippen LogP contribution in [-0.4, -0.2) is 13.1 Å². The van der Waals surface area contributed by atoms with Crippen LogP contribution < -0.4 is 5.32 Å². The van der Waals surface area contributed by atoms with E-state index in [2.05, 4.69) is 49.5 Å². The molecule has 1 fully saturated rings. The SMILES string of the molecule is CC(C)C1(c2ccccc2)CNC1.Cl. The van der Waals surface area contributed by atoms with Gasteiger partial charge < -0.3 is 5.32 Å². The highest BCUT2D eigenvalue weighted by molar-refractivity contribution is 5.85. The van der Waals surface area contributed by atoms with Gasteiger partial charge in [-0.2, -0.15) is 0 Å². The highest BCUT2D eigenvalue weighted by atomic mass is 35.5. The molecule has 0 amide bonds. The molecule has 14 heavy (non-hydrogen) atoms. The second-order valence-electron chi connectivity index (χ2n) is 4.28. The lowest BCUT2D eigenvalue weighted by atomic mass is 9.67. The van der Waals surface area contributed by atoms with Crippen molar-refractivity contribution in [3.8, 4) is 0 Å². The van der Waals surface area contributed by atoms with E-state index in [-0.39, 0.29) is 12.4 Å². The Labute approximate surface area is 92.3 Å². The summed E-state index contributed by atoms with van der Waals surface area (Å²) in [6, 6.07) is 10.9. The highest BCUT2D eigenvalue weighted by Crippen LogP contribution is 2.35. The Balaban J connectivity index is 0.000000980. The molecule has 0 aromatic heterocycles. The molecule has 1 heterocycles. The summed E-state index contributed by atoms with van der Waals surface area (Å²) in [5.74, 6) is 0.719. The molecule has 78 valence electrons. The number of benzene rings is 1. The van der Waals surface area contributed by atoms with E-state index in [9.17, 15) is 0 Å². The molecular formula is C12H18ClN. The zero-order chi connectivity index (χ0) is 9.31. The van der Waals surface area contributed by atoms with E-state index in [1.807, 2.05) is 0 Å². The lowest BCUT2D eigenvalue weighted by Crippen LogP contribution is -2.59. The van der Waals surface area contributed by atoms with Gasteiger partial charge in [0.2, 0.25) is 0 Å². The lowest BCUT2D eigenvalue weighted by Gasteiger charge is -2.46. The fourth-order valence-electron chi connectivity index (χ4n) is 2.11. The Kier molecular flexibility index (Phi) is 3.57. The first-order valence-electron chi connectivity index (χ1n) is 5.02. The van der Waals surface area contributed by atoms with Crippen molar-refractivity contribution in [3.63, 3.8) is 0 Å². The molecule has 0 atom stereocenters. The van der Waals surface area contributed by atoms with Crippen LogP contribution in [0.5, 0.6) is 0 Å². The van der Waals surface area contributed by atoms with E-state index in [4.69, 9.17) is 0 Å². The molecule has 1 aromatic carbocycles. The van der Waals surface area contributed by atoms with Gasteiger partial charge in [-0.3, -0.25) is 0 Å². The monoisotopic (exact) mass is 211 g/mol. The van der Waals surface area contributed by atoms with Gasteiger partial charge in [-0.1, -0.05) is 44.2 Å². The van der Waals surface area contributed by atoms with Crippen LogP contribution in [0.1, 0.15) is 19.4 Å². The molecule has 1 aromatic rings. The van der Waals surface area contributed by atoms with Crippen LogP contribution in [0.2, 0.25) is 0 Å². The van der Waals surface area contributed by atoms with Crippen molar-refractivity contribution in [1.29, 1.82) is 0 Å². The minimum atomic E-state index is 0. The standard InChI is InChI=1S/C12H17N.ClH/c1-10(2)12(8-13-9-12)11-6-4-3-5-7-11;/h3-7,10,13H,8-9H2,1-2H3;1H. The van der Waals surface area contributed by atoms with Crippen molar-refractivity contribution >= 4 is 12.4 Å². The minimum absolute atomic E-state index is 0. The topological polar surface area (TPSA) is 12.0 Å². The Morgan fingerprint density at radius 1 is 1.14 bits per heavy atom. The fourth-order valence-corrected chi connectivity index (χ4v) is 2.11. The predicted octanol–water partition coefficient (Wildman–Crippen LogP) is 2.61. The van der Waals surface area contributed by atoms with E-state index in [1.165, 1.54) is 5.56 Å². The van der Waals surface area contributed by atoms with Crippen LogP contribution in [0.25, 0.3) is 0 Å². The van der Waals surface area contributed by atoms with Crippen molar-refractivity contribution < 1.29 is 0 Å². The average Bonchev–Trinajstić information content (AvgIpc) is 2.03. The van der Waals surface area contributed by atoms with Crippen molar-refractivity contribution in [2.24, 2.45) is 5.92 Å². The fraction of sp³-hybridized carbons (Fsp3) is 0.500. The summed E-state index contributed by atoms with van der Waals surface area (Å²) < 4.78 is 0. The van der Waals surface area contributed by atoms with E-state index >= 15 is 0 Å². The maximum absolute atomic E-state index is 3.38. The normalized spacial score (nSPS) is 18.5. The number of halogens is 1. The Morgan fingerprint density at radius 3 is 2.07 bits per heavy atom. The number of nitrogens with one attached hydrogen (secondary N) is 1. The van der Waals surface area contributed by atoms with Crippen molar-refractivity contribution in [2.45, 2.75) is 19.3 Å². The summed E-state index contributed by atoms with van der Waals surface area (Å²) >= 11 is 0. The molecule has 0 spiro atoms. The first kappa shape index (κ1) is 11.5. The van der Waals surface area contributed by atoms with Crippen molar-refractivity contribution in [1.82, 2.24) is 5.32 Å². The molecule has 0 saturated carbocycles.